The summed E-state index contributed by atoms with van der Waals surface area (Å²) in [7, 11) is 0. The number of rotatable bonds is 2. The van der Waals surface area contributed by atoms with Gasteiger partial charge in [-0.3, -0.25) is 0 Å². The van der Waals surface area contributed by atoms with Crippen molar-refractivity contribution in [1.29, 1.82) is 0 Å². The predicted molar refractivity (Wildman–Crippen MR) is 51.5 cm³/mol. The van der Waals surface area contributed by atoms with Gasteiger partial charge in [0.15, 0.2) is 0 Å². The van der Waals surface area contributed by atoms with Crippen LogP contribution in [0.3, 0.4) is 0 Å². The van der Waals surface area contributed by atoms with Gasteiger partial charge in [0.25, 0.3) is 0 Å². The lowest BCUT2D eigenvalue weighted by Crippen LogP contribution is -2.18. The number of allylic oxidation sites excluding steroid dienone is 2. The van der Waals surface area contributed by atoms with Crippen LogP contribution in [0.2, 0.25) is 0 Å². The summed E-state index contributed by atoms with van der Waals surface area (Å²) in [6.07, 6.45) is 6.47. The van der Waals surface area contributed by atoms with Gasteiger partial charge in [-0.1, -0.05) is 44.0 Å². The molecule has 1 aliphatic rings. The fourth-order valence-corrected chi connectivity index (χ4v) is 1.51. The second-order valence-electron chi connectivity index (χ2n) is 2.13. The van der Waals surface area contributed by atoms with Crippen molar-refractivity contribution in [3.05, 3.63) is 23.9 Å². The minimum Gasteiger partial charge on any atom is -0.364 e. The van der Waals surface area contributed by atoms with Crippen molar-refractivity contribution in [1.82, 2.24) is 4.90 Å². The van der Waals surface area contributed by atoms with Gasteiger partial charge in [-0.15, -0.1) is 0 Å². The normalized spacial score (nSPS) is 17.4. The molecule has 1 aliphatic heterocycles. The third-order valence-corrected chi connectivity index (χ3v) is 2.62. The first-order valence-corrected chi connectivity index (χ1v) is 5.34. The maximum atomic E-state index is 3.41. The molecule has 0 saturated carbocycles. The van der Waals surface area contributed by atoms with Crippen LogP contribution >= 0.6 is 31.9 Å². The van der Waals surface area contributed by atoms with Crippen molar-refractivity contribution < 1.29 is 0 Å². The van der Waals surface area contributed by atoms with Crippen LogP contribution in [0.25, 0.3) is 0 Å². The zero-order valence-corrected chi connectivity index (χ0v) is 8.73. The first kappa shape index (κ1) is 8.34. The monoisotopic (exact) mass is 265 g/mol. The molecule has 0 aliphatic carbocycles. The maximum Gasteiger partial charge on any atom is 0.0734 e. The smallest absolute Gasteiger partial charge is 0.0734 e. The van der Waals surface area contributed by atoms with Crippen LogP contribution in [0.4, 0.5) is 0 Å². The summed E-state index contributed by atoms with van der Waals surface area (Å²) in [5, 5.41) is 0.938. The Balaban J connectivity index is 2.56. The molecule has 0 radical (unpaired) electrons. The number of hydrogen-bond acceptors (Lipinski definition) is 1. The van der Waals surface area contributed by atoms with E-state index < -0.39 is 0 Å². The van der Waals surface area contributed by atoms with E-state index in [1.165, 1.54) is 5.57 Å². The minimum absolute atomic E-state index is 0.911. The molecule has 0 unspecified atom stereocenters. The summed E-state index contributed by atoms with van der Waals surface area (Å²) >= 11 is 6.81. The van der Waals surface area contributed by atoms with E-state index in [-0.39, 0.29) is 0 Å². The number of hydrogen-bond donors (Lipinski definition) is 0. The van der Waals surface area contributed by atoms with Crippen molar-refractivity contribution in [2.45, 2.75) is 0 Å². The Hall–Kier alpha value is 0.240. The van der Waals surface area contributed by atoms with E-state index in [1.54, 1.807) is 0 Å². The van der Waals surface area contributed by atoms with Crippen LogP contribution in [0.5, 0.6) is 0 Å². The molecular weight excluding hydrogens is 258 g/mol. The number of nitrogens with zero attached hydrogens (tertiary/aromatic N) is 1. The van der Waals surface area contributed by atoms with Gasteiger partial charge in [-0.05, 0) is 5.57 Å². The van der Waals surface area contributed by atoms with Crippen molar-refractivity contribution in [3.8, 4) is 0 Å². The van der Waals surface area contributed by atoms with E-state index in [0.717, 1.165) is 17.3 Å². The van der Waals surface area contributed by atoms with Crippen LogP contribution in [0.15, 0.2) is 23.9 Å². The lowest BCUT2D eigenvalue weighted by Gasteiger charge is -2.19. The molecule has 0 amide bonds. The summed E-state index contributed by atoms with van der Waals surface area (Å²) in [6, 6.07) is 0. The topological polar surface area (TPSA) is 3.24 Å². The Bertz CT molecular complexity index is 163. The quantitative estimate of drug-likeness (QED) is 0.548. The van der Waals surface area contributed by atoms with Gasteiger partial charge >= 0.3 is 0 Å². The molecule has 56 valence electrons. The van der Waals surface area contributed by atoms with E-state index >= 15 is 0 Å². The largest absolute Gasteiger partial charge is 0.364 e. The molecule has 1 nitrogen and oxygen atoms in total. The Kier molecular flexibility index (Phi) is 3.49. The van der Waals surface area contributed by atoms with E-state index in [4.69, 9.17) is 0 Å². The summed E-state index contributed by atoms with van der Waals surface area (Å²) in [4.78, 5) is 2.20. The summed E-state index contributed by atoms with van der Waals surface area (Å²) in [6.45, 7) is 1.02. The third-order valence-electron chi connectivity index (χ3n) is 1.33. The van der Waals surface area contributed by atoms with Crippen LogP contribution in [0.1, 0.15) is 0 Å². The van der Waals surface area contributed by atoms with Gasteiger partial charge in [0.2, 0.25) is 0 Å². The molecule has 0 aromatic heterocycles. The highest BCUT2D eigenvalue weighted by Gasteiger charge is 2.00. The molecule has 0 atom stereocenters. The van der Waals surface area contributed by atoms with Crippen LogP contribution in [0, 0.1) is 0 Å². The Morgan fingerprint density at radius 2 is 2.30 bits per heavy atom. The van der Waals surface area contributed by atoms with Crippen LogP contribution in [-0.2, 0) is 0 Å². The fraction of sp³-hybridized carbons (Fsp3) is 0.429. The van der Waals surface area contributed by atoms with Gasteiger partial charge in [-0.2, -0.15) is 0 Å². The van der Waals surface area contributed by atoms with Crippen molar-refractivity contribution in [2.24, 2.45) is 0 Å². The van der Waals surface area contributed by atoms with E-state index in [0.29, 0.717) is 0 Å². The van der Waals surface area contributed by atoms with Gasteiger partial charge < -0.3 is 4.90 Å². The second kappa shape index (κ2) is 4.19. The molecular formula is C7H9Br2N. The summed E-state index contributed by atoms with van der Waals surface area (Å²) in [5.41, 5.74) is 2.24. The van der Waals surface area contributed by atoms with Gasteiger partial charge in [0.05, 0.1) is 5.45 Å². The Morgan fingerprint density at radius 3 is 2.90 bits per heavy atom. The van der Waals surface area contributed by atoms with E-state index in [1.807, 2.05) is 0 Å². The first-order chi connectivity index (χ1) is 4.86. The molecule has 0 fully saturated rings. The zero-order chi connectivity index (χ0) is 7.40. The molecule has 0 spiro atoms. The predicted octanol–water partition coefficient (Wildman–Crippen LogP) is 2.49. The molecule has 1 heterocycles. The second-order valence-corrected chi connectivity index (χ2v) is 3.19. The average molecular weight is 267 g/mol. The highest BCUT2D eigenvalue weighted by molar-refractivity contribution is 9.09. The lowest BCUT2D eigenvalue weighted by atomic mass is 10.2. The lowest BCUT2D eigenvalue weighted by molar-refractivity contribution is 0.486. The van der Waals surface area contributed by atoms with Crippen molar-refractivity contribution >= 4 is 31.9 Å². The van der Waals surface area contributed by atoms with Gasteiger partial charge in [0, 0.05) is 18.1 Å². The van der Waals surface area contributed by atoms with Crippen LogP contribution < -0.4 is 0 Å². The molecule has 0 N–H and O–H groups in total. The first-order valence-electron chi connectivity index (χ1n) is 3.10. The Labute approximate surface area is 78.0 Å². The number of alkyl halides is 2. The van der Waals surface area contributed by atoms with E-state index in [2.05, 4.69) is 55.1 Å². The molecule has 0 aromatic carbocycles. The summed E-state index contributed by atoms with van der Waals surface area (Å²) in [5.74, 6) is 0. The maximum absolute atomic E-state index is 3.41. The third kappa shape index (κ3) is 2.13. The molecule has 3 heteroatoms. The van der Waals surface area contributed by atoms with E-state index in [9.17, 15) is 0 Å². The standard InChI is InChI=1S/C7H9Br2N/c8-4-7-2-1-3-10(5-7)6-9/h1-2,5H,3-4,6H2. The molecule has 10 heavy (non-hydrogen) atoms. The summed E-state index contributed by atoms with van der Waals surface area (Å²) < 4.78 is 0. The zero-order valence-electron chi connectivity index (χ0n) is 5.56. The SMILES string of the molecule is BrCC1=CN(CBr)CC=C1. The fourth-order valence-electron chi connectivity index (χ4n) is 0.832. The van der Waals surface area contributed by atoms with Crippen molar-refractivity contribution in [3.63, 3.8) is 0 Å². The van der Waals surface area contributed by atoms with Crippen LogP contribution in [-0.4, -0.2) is 22.2 Å². The molecule has 0 bridgehead atoms. The highest BCUT2D eigenvalue weighted by atomic mass is 79.9. The molecule has 0 saturated heterocycles. The molecule has 1 rings (SSSR count). The number of halogens is 2. The Morgan fingerprint density at radius 1 is 1.50 bits per heavy atom. The van der Waals surface area contributed by atoms with Gasteiger partial charge in [0.1, 0.15) is 0 Å². The highest BCUT2D eigenvalue weighted by Crippen LogP contribution is 2.10. The average Bonchev–Trinajstić information content (AvgIpc) is 2.05. The minimum atomic E-state index is 0.911. The molecule has 0 aromatic rings. The van der Waals surface area contributed by atoms with Gasteiger partial charge in [-0.25, -0.2) is 0 Å². The van der Waals surface area contributed by atoms with Crippen molar-refractivity contribution in [2.75, 3.05) is 17.3 Å².